The van der Waals surface area contributed by atoms with E-state index in [9.17, 15) is 4.39 Å². The fourth-order valence-electron chi connectivity index (χ4n) is 2.03. The molecule has 0 N–H and O–H groups in total. The van der Waals surface area contributed by atoms with Gasteiger partial charge in [0.25, 0.3) is 0 Å². The van der Waals surface area contributed by atoms with Crippen LogP contribution >= 0.6 is 0 Å². The third-order valence-electron chi connectivity index (χ3n) is 3.30. The van der Waals surface area contributed by atoms with Gasteiger partial charge in [-0.05, 0) is 31.7 Å². The summed E-state index contributed by atoms with van der Waals surface area (Å²) in [7, 11) is 0. The minimum atomic E-state index is -0.255. The van der Waals surface area contributed by atoms with Crippen molar-refractivity contribution in [3.63, 3.8) is 0 Å². The van der Waals surface area contributed by atoms with E-state index in [1.807, 2.05) is 6.07 Å². The summed E-state index contributed by atoms with van der Waals surface area (Å²) in [6, 6.07) is 5.07. The Hall–Kier alpha value is -1.05. The second-order valence-electron chi connectivity index (χ2n) is 4.06. The van der Waals surface area contributed by atoms with Crippen LogP contribution in [0.2, 0.25) is 0 Å². The van der Waals surface area contributed by atoms with E-state index in [1.54, 1.807) is 6.07 Å². The summed E-state index contributed by atoms with van der Waals surface area (Å²) in [5.74, 6) is 0.169. The van der Waals surface area contributed by atoms with E-state index in [0.29, 0.717) is 5.75 Å². The molecule has 1 heterocycles. The molecule has 1 radical (unpaired) electrons. The number of ether oxygens (including phenoxy) is 1. The molecular formula is C13H16FO. The smallest absolute Gasteiger partial charge is 0.165 e. The van der Waals surface area contributed by atoms with Crippen molar-refractivity contribution in [2.24, 2.45) is 0 Å². The van der Waals surface area contributed by atoms with Gasteiger partial charge in [0, 0.05) is 5.56 Å². The molecule has 1 aromatic rings. The number of hydrogen-bond acceptors (Lipinski definition) is 1. The van der Waals surface area contributed by atoms with Gasteiger partial charge in [-0.1, -0.05) is 26.0 Å². The number of para-hydroxylation sites is 1. The number of fused-ring (bicyclic) bond motifs is 1. The first-order valence-corrected chi connectivity index (χ1v) is 5.51. The van der Waals surface area contributed by atoms with Crippen molar-refractivity contribution < 1.29 is 9.13 Å². The fraction of sp³-hybridized carbons (Fsp3) is 0.462. The maximum absolute atomic E-state index is 13.5. The Labute approximate surface area is 90.3 Å². The number of benzene rings is 1. The summed E-state index contributed by atoms with van der Waals surface area (Å²) in [4.78, 5) is 0. The van der Waals surface area contributed by atoms with Gasteiger partial charge in [0.1, 0.15) is 5.60 Å². The minimum absolute atomic E-state index is 0.199. The van der Waals surface area contributed by atoms with Crippen LogP contribution in [0.4, 0.5) is 4.39 Å². The van der Waals surface area contributed by atoms with Crippen LogP contribution in [0, 0.1) is 12.2 Å². The van der Waals surface area contributed by atoms with Crippen molar-refractivity contribution in [1.29, 1.82) is 0 Å². The van der Waals surface area contributed by atoms with Crippen LogP contribution in [0.25, 0.3) is 0 Å². The molecule has 81 valence electrons. The second-order valence-corrected chi connectivity index (χ2v) is 4.06. The van der Waals surface area contributed by atoms with Crippen LogP contribution in [0.3, 0.4) is 0 Å². The SMILES string of the molecule is CCC1(CC)C[CH]c2cccc(F)c2O1. The van der Waals surface area contributed by atoms with Gasteiger partial charge in [0.2, 0.25) is 0 Å². The molecule has 1 aliphatic heterocycles. The molecule has 1 aromatic carbocycles. The Morgan fingerprint density at radius 1 is 1.33 bits per heavy atom. The molecule has 2 rings (SSSR count). The van der Waals surface area contributed by atoms with Crippen LogP contribution in [-0.2, 0) is 0 Å². The second kappa shape index (κ2) is 3.84. The van der Waals surface area contributed by atoms with E-state index in [0.717, 1.165) is 24.8 Å². The lowest BCUT2D eigenvalue weighted by atomic mass is 9.87. The van der Waals surface area contributed by atoms with Gasteiger partial charge >= 0.3 is 0 Å². The van der Waals surface area contributed by atoms with Crippen LogP contribution in [-0.4, -0.2) is 5.60 Å². The normalized spacial score (nSPS) is 18.1. The first kappa shape index (κ1) is 10.5. The molecule has 1 nitrogen and oxygen atoms in total. The van der Waals surface area contributed by atoms with Crippen molar-refractivity contribution in [1.82, 2.24) is 0 Å². The lowest BCUT2D eigenvalue weighted by molar-refractivity contribution is 0.0463. The molecule has 0 saturated heterocycles. The highest BCUT2D eigenvalue weighted by Crippen LogP contribution is 2.39. The molecule has 0 aromatic heterocycles. The number of hydrogen-bond donors (Lipinski definition) is 0. The van der Waals surface area contributed by atoms with Crippen molar-refractivity contribution in [2.45, 2.75) is 38.7 Å². The summed E-state index contributed by atoms with van der Waals surface area (Å²) in [6.07, 6.45) is 4.77. The van der Waals surface area contributed by atoms with Gasteiger partial charge in [-0.2, -0.15) is 0 Å². The molecule has 0 atom stereocenters. The lowest BCUT2D eigenvalue weighted by Crippen LogP contribution is -2.38. The number of rotatable bonds is 2. The van der Waals surface area contributed by atoms with Gasteiger partial charge in [-0.3, -0.25) is 0 Å². The third kappa shape index (κ3) is 1.73. The molecule has 2 heteroatoms. The first-order valence-electron chi connectivity index (χ1n) is 5.51. The summed E-state index contributed by atoms with van der Waals surface area (Å²) in [5.41, 5.74) is 0.683. The van der Waals surface area contributed by atoms with Crippen LogP contribution in [0.1, 0.15) is 38.7 Å². The zero-order valence-electron chi connectivity index (χ0n) is 9.22. The zero-order chi connectivity index (χ0) is 10.9. The van der Waals surface area contributed by atoms with E-state index in [-0.39, 0.29) is 11.4 Å². The Morgan fingerprint density at radius 2 is 2.07 bits per heavy atom. The summed E-state index contributed by atoms with van der Waals surface area (Å²) < 4.78 is 19.4. The Morgan fingerprint density at radius 3 is 2.73 bits per heavy atom. The van der Waals surface area contributed by atoms with Crippen molar-refractivity contribution in [2.75, 3.05) is 0 Å². The molecule has 1 aliphatic rings. The molecule has 0 unspecified atom stereocenters. The highest BCUT2D eigenvalue weighted by molar-refractivity contribution is 5.42. The van der Waals surface area contributed by atoms with E-state index >= 15 is 0 Å². The largest absolute Gasteiger partial charge is 0.484 e. The number of halogens is 1. The fourth-order valence-corrected chi connectivity index (χ4v) is 2.03. The predicted molar refractivity (Wildman–Crippen MR) is 58.4 cm³/mol. The molecule has 0 amide bonds. The van der Waals surface area contributed by atoms with Crippen LogP contribution in [0.5, 0.6) is 5.75 Å². The average Bonchev–Trinajstić information content (AvgIpc) is 2.29. The standard InChI is InChI=1S/C13H16FO/c1-3-13(4-2)9-8-10-6-5-7-11(14)12(10)15-13/h5-8H,3-4,9H2,1-2H3. The Kier molecular flexibility index (Phi) is 2.68. The maximum Gasteiger partial charge on any atom is 0.165 e. The van der Waals surface area contributed by atoms with Crippen molar-refractivity contribution in [3.05, 3.63) is 36.0 Å². The van der Waals surface area contributed by atoms with Gasteiger partial charge in [0.15, 0.2) is 11.6 Å². The van der Waals surface area contributed by atoms with E-state index in [4.69, 9.17) is 4.74 Å². The van der Waals surface area contributed by atoms with Gasteiger partial charge < -0.3 is 4.74 Å². The minimum Gasteiger partial charge on any atom is -0.484 e. The van der Waals surface area contributed by atoms with Gasteiger partial charge in [0.05, 0.1) is 0 Å². The monoisotopic (exact) mass is 207 g/mol. The Bertz CT molecular complexity index is 356. The molecule has 0 bridgehead atoms. The lowest BCUT2D eigenvalue weighted by Gasteiger charge is -2.37. The zero-order valence-corrected chi connectivity index (χ0v) is 9.22. The molecule has 0 saturated carbocycles. The van der Waals surface area contributed by atoms with E-state index in [2.05, 4.69) is 20.3 Å². The molecular weight excluding hydrogens is 191 g/mol. The molecule has 0 fully saturated rings. The quantitative estimate of drug-likeness (QED) is 0.718. The highest BCUT2D eigenvalue weighted by Gasteiger charge is 2.34. The predicted octanol–water partition coefficient (Wildman–Crippen LogP) is 3.72. The van der Waals surface area contributed by atoms with E-state index < -0.39 is 0 Å². The Balaban J connectivity index is 2.36. The third-order valence-corrected chi connectivity index (χ3v) is 3.30. The molecule has 0 spiro atoms. The molecule has 15 heavy (non-hydrogen) atoms. The highest BCUT2D eigenvalue weighted by atomic mass is 19.1. The van der Waals surface area contributed by atoms with Crippen LogP contribution < -0.4 is 4.74 Å². The van der Waals surface area contributed by atoms with Crippen LogP contribution in [0.15, 0.2) is 18.2 Å². The summed E-state index contributed by atoms with van der Waals surface area (Å²) in [6.45, 7) is 4.17. The van der Waals surface area contributed by atoms with Gasteiger partial charge in [-0.15, -0.1) is 0 Å². The molecule has 0 aliphatic carbocycles. The topological polar surface area (TPSA) is 9.23 Å². The first-order chi connectivity index (χ1) is 7.21. The average molecular weight is 207 g/mol. The maximum atomic E-state index is 13.5. The van der Waals surface area contributed by atoms with Gasteiger partial charge in [-0.25, -0.2) is 4.39 Å². The van der Waals surface area contributed by atoms with Crippen molar-refractivity contribution in [3.8, 4) is 5.75 Å². The summed E-state index contributed by atoms with van der Waals surface area (Å²) in [5, 5.41) is 0. The summed E-state index contributed by atoms with van der Waals surface area (Å²) >= 11 is 0. The van der Waals surface area contributed by atoms with Crippen molar-refractivity contribution >= 4 is 0 Å². The van der Waals surface area contributed by atoms with E-state index in [1.165, 1.54) is 6.07 Å².